The van der Waals surface area contributed by atoms with Crippen LogP contribution in [0.25, 0.3) is 0 Å². The number of carbonyl (C=O) groups excluding carboxylic acids is 3. The van der Waals surface area contributed by atoms with Crippen LogP contribution in [0.3, 0.4) is 0 Å². The third-order valence-electron chi connectivity index (χ3n) is 3.43. The number of carbonyl (C=O) groups is 3. The maximum absolute atomic E-state index is 12.0. The maximum atomic E-state index is 12.0. The molecule has 1 atom stereocenters. The van der Waals surface area contributed by atoms with Crippen molar-refractivity contribution in [1.29, 1.82) is 0 Å². The predicted octanol–water partition coefficient (Wildman–Crippen LogP) is 0.404. The number of primary amides is 1. The minimum Gasteiger partial charge on any atom is -0.370 e. The number of benzene rings is 1. The maximum Gasteiger partial charge on any atom is 0.251 e. The Labute approximate surface area is 140 Å². The quantitative estimate of drug-likeness (QED) is 0.600. The highest BCUT2D eigenvalue weighted by molar-refractivity contribution is 5.98. The van der Waals surface area contributed by atoms with Crippen molar-refractivity contribution in [2.75, 3.05) is 18.4 Å². The van der Waals surface area contributed by atoms with Gasteiger partial charge in [0.1, 0.15) is 0 Å². The minimum atomic E-state index is -0.467. The molecule has 0 radical (unpaired) electrons. The summed E-state index contributed by atoms with van der Waals surface area (Å²) in [4.78, 5) is 34.6. The number of hydrogen-bond acceptors (Lipinski definition) is 4. The molecule has 126 valence electrons. The van der Waals surface area contributed by atoms with E-state index in [-0.39, 0.29) is 43.2 Å². The molecule has 0 saturated carbocycles. The van der Waals surface area contributed by atoms with Crippen molar-refractivity contribution in [3.8, 4) is 0 Å². The second kappa shape index (κ2) is 9.12. The fourth-order valence-corrected chi connectivity index (χ4v) is 2.28. The lowest BCUT2D eigenvalue weighted by Gasteiger charge is -2.12. The molecule has 3 amide bonds. The molecule has 5 N–H and O–H groups in total. The molecule has 2 rings (SSSR count). The number of amides is 3. The molecule has 1 aliphatic heterocycles. The molecule has 7 nitrogen and oxygen atoms in total. The van der Waals surface area contributed by atoms with Crippen molar-refractivity contribution >= 4 is 35.8 Å². The summed E-state index contributed by atoms with van der Waals surface area (Å²) in [5, 5.41) is 8.52. The van der Waals surface area contributed by atoms with Crippen LogP contribution in [0.1, 0.15) is 29.6 Å². The van der Waals surface area contributed by atoms with Crippen molar-refractivity contribution < 1.29 is 14.4 Å². The van der Waals surface area contributed by atoms with Crippen molar-refractivity contribution in [3.05, 3.63) is 29.8 Å². The van der Waals surface area contributed by atoms with Crippen LogP contribution in [-0.4, -0.2) is 36.9 Å². The highest BCUT2D eigenvalue weighted by Gasteiger charge is 2.22. The fourth-order valence-electron chi connectivity index (χ4n) is 2.28. The molecule has 1 aromatic carbocycles. The zero-order valence-electron chi connectivity index (χ0n) is 12.6. The Morgan fingerprint density at radius 3 is 2.74 bits per heavy atom. The van der Waals surface area contributed by atoms with Gasteiger partial charge in [-0.05, 0) is 37.6 Å². The third kappa shape index (κ3) is 5.88. The first-order valence-corrected chi connectivity index (χ1v) is 7.27. The van der Waals surface area contributed by atoms with E-state index in [0.717, 1.165) is 19.4 Å². The van der Waals surface area contributed by atoms with Gasteiger partial charge in [0.2, 0.25) is 11.8 Å². The summed E-state index contributed by atoms with van der Waals surface area (Å²) >= 11 is 0. The summed E-state index contributed by atoms with van der Waals surface area (Å²) < 4.78 is 0. The average Bonchev–Trinajstić information content (AvgIpc) is 3.01. The van der Waals surface area contributed by atoms with E-state index in [9.17, 15) is 14.4 Å². The summed E-state index contributed by atoms with van der Waals surface area (Å²) in [5.41, 5.74) is 6.00. The first kappa shape index (κ1) is 18.9. The summed E-state index contributed by atoms with van der Waals surface area (Å²) in [5.74, 6) is -0.870. The number of anilines is 1. The van der Waals surface area contributed by atoms with E-state index in [1.54, 1.807) is 24.3 Å². The number of halogens is 1. The smallest absolute Gasteiger partial charge is 0.251 e. The molecule has 0 aliphatic carbocycles. The second-order valence-corrected chi connectivity index (χ2v) is 5.19. The highest BCUT2D eigenvalue weighted by atomic mass is 35.5. The van der Waals surface area contributed by atoms with Crippen molar-refractivity contribution in [3.63, 3.8) is 0 Å². The molecule has 23 heavy (non-hydrogen) atoms. The van der Waals surface area contributed by atoms with Crippen LogP contribution in [0.5, 0.6) is 0 Å². The summed E-state index contributed by atoms with van der Waals surface area (Å²) in [6, 6.07) is 6.50. The molecule has 1 aliphatic rings. The third-order valence-corrected chi connectivity index (χ3v) is 3.43. The van der Waals surface area contributed by atoms with Gasteiger partial charge in [0.05, 0.1) is 6.04 Å². The van der Waals surface area contributed by atoms with Gasteiger partial charge in [-0.25, -0.2) is 0 Å². The Morgan fingerprint density at radius 2 is 2.09 bits per heavy atom. The minimum absolute atomic E-state index is 0. The van der Waals surface area contributed by atoms with E-state index in [0.29, 0.717) is 11.3 Å². The Balaban J connectivity index is 0.00000264. The second-order valence-electron chi connectivity index (χ2n) is 5.19. The number of hydrogen-bond donors (Lipinski definition) is 4. The molecule has 0 bridgehead atoms. The van der Waals surface area contributed by atoms with Gasteiger partial charge in [0.15, 0.2) is 0 Å². The molecule has 1 saturated heterocycles. The zero-order chi connectivity index (χ0) is 15.9. The van der Waals surface area contributed by atoms with Crippen molar-refractivity contribution in [2.24, 2.45) is 5.73 Å². The van der Waals surface area contributed by atoms with Gasteiger partial charge in [-0.1, -0.05) is 6.07 Å². The van der Waals surface area contributed by atoms with Gasteiger partial charge in [0.25, 0.3) is 5.91 Å². The highest BCUT2D eigenvalue weighted by Crippen LogP contribution is 2.13. The standard InChI is InChI=1S/C15H20N4O3.ClH/c16-13(20)6-8-18-14(21)10-3-1-4-11(9-10)19-15(22)12-5-2-7-17-12;/h1,3-4,9,12,17H,2,5-8H2,(H2,16,20)(H,18,21)(H,19,22);1H. The molecular weight excluding hydrogens is 320 g/mol. The first-order valence-electron chi connectivity index (χ1n) is 7.27. The SMILES string of the molecule is Cl.NC(=O)CCNC(=O)c1cccc(NC(=O)C2CCCN2)c1. The van der Waals surface area contributed by atoms with Crippen LogP contribution >= 0.6 is 12.4 Å². The monoisotopic (exact) mass is 340 g/mol. The molecule has 1 unspecified atom stereocenters. The van der Waals surface area contributed by atoms with Gasteiger partial charge in [0, 0.05) is 24.2 Å². The summed E-state index contributed by atoms with van der Waals surface area (Å²) in [6.45, 7) is 1.04. The van der Waals surface area contributed by atoms with Crippen LogP contribution in [0, 0.1) is 0 Å². The molecule has 1 heterocycles. The Kier molecular flexibility index (Phi) is 7.50. The Bertz CT molecular complexity index is 574. The average molecular weight is 341 g/mol. The first-order chi connectivity index (χ1) is 10.6. The van der Waals surface area contributed by atoms with Gasteiger partial charge < -0.3 is 21.7 Å². The summed E-state index contributed by atoms with van der Waals surface area (Å²) in [7, 11) is 0. The summed E-state index contributed by atoms with van der Waals surface area (Å²) in [6.07, 6.45) is 1.90. The normalized spacial score (nSPS) is 16.3. The van der Waals surface area contributed by atoms with E-state index >= 15 is 0 Å². The van der Waals surface area contributed by atoms with Crippen LogP contribution < -0.4 is 21.7 Å². The molecule has 1 aromatic rings. The Morgan fingerprint density at radius 1 is 1.30 bits per heavy atom. The van der Waals surface area contributed by atoms with Gasteiger partial charge in [-0.15, -0.1) is 12.4 Å². The topological polar surface area (TPSA) is 113 Å². The lowest BCUT2D eigenvalue weighted by Crippen LogP contribution is -2.35. The van der Waals surface area contributed by atoms with Gasteiger partial charge >= 0.3 is 0 Å². The molecule has 0 spiro atoms. The lowest BCUT2D eigenvalue weighted by molar-refractivity contribution is -0.118. The van der Waals surface area contributed by atoms with Crippen molar-refractivity contribution in [2.45, 2.75) is 25.3 Å². The lowest BCUT2D eigenvalue weighted by atomic mass is 10.1. The molecular formula is C15H21ClN4O3. The van der Waals surface area contributed by atoms with E-state index in [2.05, 4.69) is 16.0 Å². The molecule has 1 fully saturated rings. The number of nitrogens with two attached hydrogens (primary N) is 1. The number of rotatable bonds is 6. The van der Waals surface area contributed by atoms with Gasteiger partial charge in [-0.3, -0.25) is 14.4 Å². The van der Waals surface area contributed by atoms with E-state index in [1.165, 1.54) is 0 Å². The largest absolute Gasteiger partial charge is 0.370 e. The van der Waals surface area contributed by atoms with Crippen LogP contribution in [0.2, 0.25) is 0 Å². The van der Waals surface area contributed by atoms with Crippen LogP contribution in [0.4, 0.5) is 5.69 Å². The zero-order valence-corrected chi connectivity index (χ0v) is 13.4. The van der Waals surface area contributed by atoms with Crippen molar-refractivity contribution in [1.82, 2.24) is 10.6 Å². The number of nitrogens with one attached hydrogen (secondary N) is 3. The molecule has 8 heteroatoms. The predicted molar refractivity (Wildman–Crippen MR) is 89.5 cm³/mol. The van der Waals surface area contributed by atoms with E-state index in [1.807, 2.05) is 0 Å². The van der Waals surface area contributed by atoms with Gasteiger partial charge in [-0.2, -0.15) is 0 Å². The van der Waals surface area contributed by atoms with E-state index in [4.69, 9.17) is 5.73 Å². The van der Waals surface area contributed by atoms with E-state index < -0.39 is 5.91 Å². The van der Waals surface area contributed by atoms with Crippen LogP contribution in [0.15, 0.2) is 24.3 Å². The molecule has 0 aromatic heterocycles. The Hall–Kier alpha value is -2.12. The van der Waals surface area contributed by atoms with Crippen LogP contribution in [-0.2, 0) is 9.59 Å². The fraction of sp³-hybridized carbons (Fsp3) is 0.400.